The summed E-state index contributed by atoms with van der Waals surface area (Å²) in [5.74, 6) is -0.954. The van der Waals surface area contributed by atoms with Gasteiger partial charge in [-0.2, -0.15) is 0 Å². The number of ether oxygens (including phenoxy) is 1. The van der Waals surface area contributed by atoms with Crippen molar-refractivity contribution in [2.75, 3.05) is 23.0 Å². The number of nitrogens with zero attached hydrogens (tertiary/aromatic N) is 2. The van der Waals surface area contributed by atoms with Gasteiger partial charge in [0.1, 0.15) is 5.82 Å². The molecule has 5 nitrogen and oxygen atoms in total. The monoisotopic (exact) mass is 398 g/mol. The van der Waals surface area contributed by atoms with Crippen LogP contribution < -0.4 is 9.80 Å². The normalized spacial score (nSPS) is 15.9. The molecule has 1 aliphatic heterocycles. The van der Waals surface area contributed by atoms with Crippen LogP contribution in [0.3, 0.4) is 0 Å². The molecule has 0 N–H and O–H groups in total. The zero-order valence-electron chi connectivity index (χ0n) is 17.6. The Labute approximate surface area is 171 Å². The second kappa shape index (κ2) is 8.23. The van der Waals surface area contributed by atoms with Crippen LogP contribution in [0.1, 0.15) is 47.3 Å². The first kappa shape index (κ1) is 20.8. The lowest BCUT2D eigenvalue weighted by molar-refractivity contribution is 0.0977. The predicted octanol–water partition coefficient (Wildman–Crippen LogP) is 5.15. The molecule has 0 spiro atoms. The van der Waals surface area contributed by atoms with E-state index in [0.717, 1.165) is 16.7 Å². The third-order valence-electron chi connectivity index (χ3n) is 5.43. The molecule has 6 heteroatoms. The molecule has 0 fully saturated rings. The molecular weight excluding hydrogens is 371 g/mol. The first-order valence-electron chi connectivity index (χ1n) is 9.93. The summed E-state index contributed by atoms with van der Waals surface area (Å²) in [6, 6.07) is 8.04. The van der Waals surface area contributed by atoms with E-state index in [0.29, 0.717) is 17.8 Å². The molecule has 29 heavy (non-hydrogen) atoms. The molecule has 0 radical (unpaired) electrons. The van der Waals surface area contributed by atoms with Gasteiger partial charge in [0, 0.05) is 6.54 Å². The number of amides is 2. The lowest BCUT2D eigenvalue weighted by Crippen LogP contribution is -2.53. The Kier molecular flexibility index (Phi) is 5.91. The van der Waals surface area contributed by atoms with Crippen molar-refractivity contribution in [1.82, 2.24) is 0 Å². The van der Waals surface area contributed by atoms with Gasteiger partial charge in [0.2, 0.25) is 0 Å². The highest BCUT2D eigenvalue weighted by Gasteiger charge is 2.38. The van der Waals surface area contributed by atoms with Crippen molar-refractivity contribution in [1.29, 1.82) is 0 Å². The van der Waals surface area contributed by atoms with E-state index < -0.39 is 17.8 Å². The van der Waals surface area contributed by atoms with E-state index in [1.807, 2.05) is 39.8 Å². The largest absolute Gasteiger partial charge is 0.449 e. The van der Waals surface area contributed by atoms with Gasteiger partial charge < -0.3 is 9.64 Å². The fourth-order valence-electron chi connectivity index (χ4n) is 3.68. The van der Waals surface area contributed by atoms with Gasteiger partial charge in [-0.25, -0.2) is 9.18 Å². The van der Waals surface area contributed by atoms with Gasteiger partial charge in [0.25, 0.3) is 5.91 Å². The highest BCUT2D eigenvalue weighted by molar-refractivity contribution is 6.10. The van der Waals surface area contributed by atoms with Gasteiger partial charge in [-0.3, -0.25) is 9.69 Å². The Morgan fingerprint density at radius 3 is 2.34 bits per heavy atom. The molecule has 1 heterocycles. The number of carbonyl (C=O) groups is 2. The van der Waals surface area contributed by atoms with Crippen LogP contribution in [0.25, 0.3) is 0 Å². The number of hydrogen-bond donors (Lipinski definition) is 0. The number of fused-ring (bicyclic) bond motifs is 1. The topological polar surface area (TPSA) is 49.9 Å². The molecule has 154 valence electrons. The van der Waals surface area contributed by atoms with E-state index >= 15 is 0 Å². The van der Waals surface area contributed by atoms with Gasteiger partial charge in [-0.05, 0) is 69.5 Å². The lowest BCUT2D eigenvalue weighted by atomic mass is 9.99. The number of aryl methyl sites for hydroxylation is 3. The molecule has 0 bridgehead atoms. The highest BCUT2D eigenvalue weighted by Crippen LogP contribution is 2.39. The van der Waals surface area contributed by atoms with Crippen LogP contribution >= 0.6 is 0 Å². The van der Waals surface area contributed by atoms with Gasteiger partial charge in [-0.1, -0.05) is 18.6 Å². The molecule has 2 aromatic rings. The first-order valence-corrected chi connectivity index (χ1v) is 9.93. The van der Waals surface area contributed by atoms with Gasteiger partial charge in [-0.15, -0.1) is 0 Å². The molecule has 0 saturated carbocycles. The maximum Gasteiger partial charge on any atom is 0.414 e. The summed E-state index contributed by atoms with van der Waals surface area (Å²) in [4.78, 5) is 29.3. The van der Waals surface area contributed by atoms with Gasteiger partial charge >= 0.3 is 6.09 Å². The molecule has 1 unspecified atom stereocenters. The van der Waals surface area contributed by atoms with Crippen LogP contribution in [0, 0.1) is 26.6 Å². The Hall–Kier alpha value is -2.89. The Bertz CT molecular complexity index is 957. The summed E-state index contributed by atoms with van der Waals surface area (Å²) in [5.41, 5.74) is 4.05. The van der Waals surface area contributed by atoms with Crippen LogP contribution in [0.4, 0.5) is 20.6 Å². The fraction of sp³-hybridized carbons (Fsp3) is 0.391. The van der Waals surface area contributed by atoms with E-state index in [2.05, 4.69) is 0 Å². The second-order valence-corrected chi connectivity index (χ2v) is 7.46. The number of halogens is 1. The van der Waals surface area contributed by atoms with Gasteiger partial charge in [0.15, 0.2) is 0 Å². The average Bonchev–Trinajstić information content (AvgIpc) is 2.69. The third-order valence-corrected chi connectivity index (χ3v) is 5.43. The molecule has 0 aromatic heterocycles. The van der Waals surface area contributed by atoms with Crippen molar-refractivity contribution in [3.8, 4) is 0 Å². The number of hydrogen-bond acceptors (Lipinski definition) is 3. The second-order valence-electron chi connectivity index (χ2n) is 7.46. The van der Waals surface area contributed by atoms with Crippen LogP contribution in [0.2, 0.25) is 0 Å². The first-order chi connectivity index (χ1) is 13.8. The lowest BCUT2D eigenvalue weighted by Gasteiger charge is -2.42. The maximum absolute atomic E-state index is 14.4. The van der Waals surface area contributed by atoms with E-state index in [1.54, 1.807) is 28.9 Å². The summed E-state index contributed by atoms with van der Waals surface area (Å²) in [6.45, 7) is 10.00. The summed E-state index contributed by atoms with van der Waals surface area (Å²) >= 11 is 0. The van der Waals surface area contributed by atoms with E-state index in [1.165, 1.54) is 6.07 Å². The molecule has 0 saturated heterocycles. The maximum atomic E-state index is 14.4. The van der Waals surface area contributed by atoms with E-state index in [9.17, 15) is 14.0 Å². The van der Waals surface area contributed by atoms with Crippen LogP contribution in [-0.2, 0) is 4.74 Å². The van der Waals surface area contributed by atoms with Crippen LogP contribution in [0.5, 0.6) is 0 Å². The number of benzene rings is 2. The standard InChI is InChI=1S/C23H27FN2O3/c1-6-17-13-25(22(27)18-10-14(3)8-9-19(18)24)20-11-15(4)16(5)12-21(20)26(17)23(28)29-7-2/h8-12,17H,6-7,13H2,1-5H3. The zero-order chi connectivity index (χ0) is 21.3. The minimum absolute atomic E-state index is 0.0358. The smallest absolute Gasteiger partial charge is 0.414 e. The average molecular weight is 398 g/mol. The number of rotatable bonds is 3. The molecule has 2 amide bonds. The summed E-state index contributed by atoms with van der Waals surface area (Å²) in [5, 5.41) is 0. The Morgan fingerprint density at radius 2 is 1.72 bits per heavy atom. The predicted molar refractivity (Wildman–Crippen MR) is 112 cm³/mol. The quantitative estimate of drug-likeness (QED) is 0.718. The number of carbonyl (C=O) groups excluding carboxylic acids is 2. The van der Waals surface area contributed by atoms with Crippen molar-refractivity contribution in [2.45, 2.75) is 47.1 Å². The van der Waals surface area contributed by atoms with E-state index in [4.69, 9.17) is 4.74 Å². The van der Waals surface area contributed by atoms with Crippen molar-refractivity contribution in [3.63, 3.8) is 0 Å². The highest BCUT2D eigenvalue weighted by atomic mass is 19.1. The summed E-state index contributed by atoms with van der Waals surface area (Å²) in [7, 11) is 0. The Morgan fingerprint density at radius 1 is 1.07 bits per heavy atom. The van der Waals surface area contributed by atoms with Crippen molar-refractivity contribution in [2.24, 2.45) is 0 Å². The number of anilines is 2. The zero-order valence-corrected chi connectivity index (χ0v) is 17.6. The summed E-state index contributed by atoms with van der Waals surface area (Å²) < 4.78 is 19.7. The molecule has 2 aromatic carbocycles. The van der Waals surface area contributed by atoms with Crippen molar-refractivity contribution < 1.29 is 18.7 Å². The minimum Gasteiger partial charge on any atom is -0.449 e. The SMILES string of the molecule is CCOC(=O)N1c2cc(C)c(C)cc2N(C(=O)c2cc(C)ccc2F)CC1CC. The van der Waals surface area contributed by atoms with Crippen molar-refractivity contribution in [3.05, 3.63) is 58.4 Å². The molecule has 1 aliphatic rings. The molecular formula is C23H27FN2O3. The molecule has 0 aliphatic carbocycles. The molecule has 1 atom stereocenters. The van der Waals surface area contributed by atoms with Crippen LogP contribution in [0.15, 0.2) is 30.3 Å². The van der Waals surface area contributed by atoms with Crippen LogP contribution in [-0.4, -0.2) is 31.2 Å². The third kappa shape index (κ3) is 3.84. The Balaban J connectivity index is 2.15. The molecule has 3 rings (SSSR count). The fourth-order valence-corrected chi connectivity index (χ4v) is 3.68. The van der Waals surface area contributed by atoms with Gasteiger partial charge in [0.05, 0.1) is 29.6 Å². The van der Waals surface area contributed by atoms with Crippen molar-refractivity contribution >= 4 is 23.4 Å². The summed E-state index contributed by atoms with van der Waals surface area (Å²) in [6.07, 6.45) is 0.198. The van der Waals surface area contributed by atoms with E-state index in [-0.39, 0.29) is 24.8 Å². The minimum atomic E-state index is -0.549.